The minimum absolute atomic E-state index is 0.111. The smallest absolute Gasteiger partial charge is 0.258 e. The summed E-state index contributed by atoms with van der Waals surface area (Å²) in [6.45, 7) is 8.14. The third-order valence-electron chi connectivity index (χ3n) is 8.31. The Balaban J connectivity index is 1.48. The first-order chi connectivity index (χ1) is 19.2. The molecule has 0 spiro atoms. The van der Waals surface area contributed by atoms with Gasteiger partial charge in [0.15, 0.2) is 0 Å². The Hall–Kier alpha value is -3.34. The van der Waals surface area contributed by atoms with Gasteiger partial charge in [0.1, 0.15) is 11.7 Å². The van der Waals surface area contributed by atoms with E-state index in [2.05, 4.69) is 62.8 Å². The molecule has 0 aliphatic carbocycles. The summed E-state index contributed by atoms with van der Waals surface area (Å²) < 4.78 is 7.67. The van der Waals surface area contributed by atoms with E-state index in [1.54, 1.807) is 24.3 Å². The van der Waals surface area contributed by atoms with Crippen molar-refractivity contribution >= 4 is 34.4 Å². The maximum absolute atomic E-state index is 13.7. The van der Waals surface area contributed by atoms with Crippen LogP contribution in [0.15, 0.2) is 46.9 Å². The summed E-state index contributed by atoms with van der Waals surface area (Å²) in [5.41, 5.74) is 7.12. The minimum Gasteiger partial charge on any atom is -0.500 e. The Kier molecular flexibility index (Phi) is 8.21. The number of ether oxygens (including phenoxy) is 1. The van der Waals surface area contributed by atoms with E-state index < -0.39 is 5.92 Å². The van der Waals surface area contributed by atoms with Crippen molar-refractivity contribution in [2.24, 2.45) is 10.9 Å². The molecule has 212 valence electrons. The van der Waals surface area contributed by atoms with Gasteiger partial charge in [0.05, 0.1) is 17.5 Å². The first-order valence-electron chi connectivity index (χ1n) is 13.8. The zero-order chi connectivity index (χ0) is 28.6. The molecule has 5 rings (SSSR count). The molecular weight excluding hydrogens is 524 g/mol. The summed E-state index contributed by atoms with van der Waals surface area (Å²) in [5.74, 6) is -0.638. The highest BCUT2D eigenvalue weighted by atomic mass is 32.1. The fraction of sp³-hybridized carbons (Fsp3) is 0.467. The lowest BCUT2D eigenvalue weighted by Gasteiger charge is -2.39. The standard InChI is InChI=1S/C30H38N6O3S/c1-18-11-26(39-6)25(30(38)33-18)14-32-29(37)24-13-23-12-21(27-15-31-17-40-27)16-36(23)28(19(24)2)20(3)35-9-7-22(8-10-35)34(4)5/h11-13,15-17,20,22,25H,7-10,14H2,1-6H3,(H,32,37). The first-order valence-corrected chi connectivity index (χ1v) is 14.6. The van der Waals surface area contributed by atoms with Crippen molar-refractivity contribution in [1.29, 1.82) is 0 Å². The van der Waals surface area contributed by atoms with E-state index in [4.69, 9.17) is 4.74 Å². The number of amides is 2. The maximum Gasteiger partial charge on any atom is 0.258 e. The lowest BCUT2D eigenvalue weighted by Crippen LogP contribution is -2.43. The number of aromatic nitrogens is 2. The van der Waals surface area contributed by atoms with Crippen molar-refractivity contribution in [3.05, 3.63) is 58.7 Å². The van der Waals surface area contributed by atoms with Gasteiger partial charge in [-0.05, 0) is 71.5 Å². The van der Waals surface area contributed by atoms with E-state index in [9.17, 15) is 9.59 Å². The molecule has 40 heavy (non-hydrogen) atoms. The number of aliphatic imine (C=N–C) groups is 1. The van der Waals surface area contributed by atoms with E-state index in [1.165, 1.54) is 7.11 Å². The molecule has 0 saturated carbocycles. The van der Waals surface area contributed by atoms with Crippen molar-refractivity contribution in [2.45, 2.75) is 45.7 Å². The fourth-order valence-electron chi connectivity index (χ4n) is 5.97. The monoisotopic (exact) mass is 562 g/mol. The number of thiazole rings is 1. The van der Waals surface area contributed by atoms with Gasteiger partial charge < -0.3 is 19.4 Å². The molecule has 0 radical (unpaired) electrons. The number of allylic oxidation sites excluding steroid dienone is 1. The predicted molar refractivity (Wildman–Crippen MR) is 159 cm³/mol. The predicted octanol–water partition coefficient (Wildman–Crippen LogP) is 4.34. The number of nitrogens with one attached hydrogen (secondary N) is 1. The molecule has 2 amide bonds. The molecule has 5 heterocycles. The van der Waals surface area contributed by atoms with Crippen molar-refractivity contribution in [3.63, 3.8) is 0 Å². The molecule has 2 aliphatic heterocycles. The number of hydrogen-bond acceptors (Lipinski definition) is 7. The number of rotatable bonds is 8. The Labute approximate surface area is 239 Å². The van der Waals surface area contributed by atoms with Crippen LogP contribution >= 0.6 is 11.3 Å². The lowest BCUT2D eigenvalue weighted by atomic mass is 9.97. The molecule has 10 heteroatoms. The largest absolute Gasteiger partial charge is 0.500 e. The molecule has 2 aliphatic rings. The van der Waals surface area contributed by atoms with Gasteiger partial charge in [-0.15, -0.1) is 11.3 Å². The zero-order valence-electron chi connectivity index (χ0n) is 24.1. The first kappa shape index (κ1) is 28.2. The number of nitrogens with zero attached hydrogens (tertiary/aromatic N) is 5. The van der Waals surface area contributed by atoms with Crippen molar-refractivity contribution < 1.29 is 14.3 Å². The average molecular weight is 563 g/mol. The highest BCUT2D eigenvalue weighted by Crippen LogP contribution is 2.34. The van der Waals surface area contributed by atoms with Crippen LogP contribution in [0.4, 0.5) is 0 Å². The Morgan fingerprint density at radius 1 is 1.25 bits per heavy atom. The van der Waals surface area contributed by atoms with E-state index >= 15 is 0 Å². The van der Waals surface area contributed by atoms with Crippen molar-refractivity contribution in [2.75, 3.05) is 40.8 Å². The van der Waals surface area contributed by atoms with Gasteiger partial charge in [0.2, 0.25) is 0 Å². The number of dihydropyridines is 1. The minimum atomic E-state index is -0.635. The number of pyridine rings is 1. The molecule has 3 aromatic rings. The van der Waals surface area contributed by atoms with Gasteiger partial charge in [0.25, 0.3) is 11.8 Å². The Morgan fingerprint density at radius 2 is 2.00 bits per heavy atom. The number of hydrogen-bond donors (Lipinski definition) is 1. The van der Waals surface area contributed by atoms with E-state index in [1.807, 2.05) is 24.7 Å². The molecule has 0 aromatic carbocycles. The molecule has 1 saturated heterocycles. The molecule has 1 N–H and O–H groups in total. The summed E-state index contributed by atoms with van der Waals surface area (Å²) >= 11 is 1.60. The van der Waals surface area contributed by atoms with Gasteiger partial charge >= 0.3 is 0 Å². The maximum atomic E-state index is 13.7. The Bertz CT molecular complexity index is 1460. The van der Waals surface area contributed by atoms with Crippen LogP contribution in [0.25, 0.3) is 16.0 Å². The molecule has 0 bridgehead atoms. The van der Waals surface area contributed by atoms with Crippen LogP contribution in [0.1, 0.15) is 54.3 Å². The normalized spacial score (nSPS) is 19.6. The van der Waals surface area contributed by atoms with Crippen LogP contribution in [0.3, 0.4) is 0 Å². The molecular formula is C30H38N6O3S. The van der Waals surface area contributed by atoms with Crippen molar-refractivity contribution in [3.8, 4) is 10.4 Å². The molecule has 1 fully saturated rings. The Morgan fingerprint density at radius 3 is 2.65 bits per heavy atom. The summed E-state index contributed by atoms with van der Waals surface area (Å²) in [6, 6.07) is 4.77. The fourth-order valence-corrected chi connectivity index (χ4v) is 6.58. The third-order valence-corrected chi connectivity index (χ3v) is 9.13. The van der Waals surface area contributed by atoms with Gasteiger partial charge in [-0.2, -0.15) is 0 Å². The quantitative estimate of drug-likeness (QED) is 0.439. The van der Waals surface area contributed by atoms with E-state index in [0.717, 1.165) is 53.1 Å². The summed E-state index contributed by atoms with van der Waals surface area (Å²) in [4.78, 5) is 40.5. The third kappa shape index (κ3) is 5.48. The van der Waals surface area contributed by atoms with Crippen LogP contribution in [0, 0.1) is 12.8 Å². The number of carbonyl (C=O) groups excluding carboxylic acids is 2. The summed E-state index contributed by atoms with van der Waals surface area (Å²) in [6.07, 6.45) is 8.01. The van der Waals surface area contributed by atoms with Crippen LogP contribution in [0.2, 0.25) is 0 Å². The second-order valence-electron chi connectivity index (χ2n) is 11.0. The van der Waals surface area contributed by atoms with Gasteiger partial charge in [-0.3, -0.25) is 19.5 Å². The van der Waals surface area contributed by atoms with E-state index in [0.29, 0.717) is 23.1 Å². The van der Waals surface area contributed by atoms with Gasteiger partial charge in [0, 0.05) is 72.2 Å². The van der Waals surface area contributed by atoms with Crippen LogP contribution in [-0.4, -0.2) is 83.6 Å². The van der Waals surface area contributed by atoms with Crippen molar-refractivity contribution in [1.82, 2.24) is 24.5 Å². The molecule has 2 unspecified atom stereocenters. The topological polar surface area (TPSA) is 91.5 Å². The number of methoxy groups -OCH3 is 1. The second-order valence-corrected chi connectivity index (χ2v) is 11.9. The number of piperidine rings is 1. The van der Waals surface area contributed by atoms with E-state index in [-0.39, 0.29) is 24.4 Å². The molecule has 3 aromatic heterocycles. The lowest BCUT2D eigenvalue weighted by molar-refractivity contribution is -0.121. The summed E-state index contributed by atoms with van der Waals surface area (Å²) in [5, 5.41) is 3.00. The molecule has 9 nitrogen and oxygen atoms in total. The van der Waals surface area contributed by atoms with Crippen LogP contribution in [-0.2, 0) is 9.53 Å². The SMILES string of the molecule is COC1=CC(C)=NC(=O)C1CNC(=O)c1cc2cc(-c3cncs3)cn2c(C(C)N2CCC(N(C)C)CC2)c1C. The number of fused-ring (bicyclic) bond motifs is 1. The number of likely N-dealkylation sites (tertiary alicyclic amines) is 1. The second kappa shape index (κ2) is 11.6. The molecule has 2 atom stereocenters. The zero-order valence-corrected chi connectivity index (χ0v) is 24.9. The number of carbonyl (C=O) groups is 2. The van der Waals surface area contributed by atoms with Gasteiger partial charge in [-0.1, -0.05) is 0 Å². The van der Waals surface area contributed by atoms with Gasteiger partial charge in [-0.25, -0.2) is 4.99 Å². The van der Waals surface area contributed by atoms with Crippen LogP contribution in [0.5, 0.6) is 0 Å². The van der Waals surface area contributed by atoms with Crippen LogP contribution < -0.4 is 5.32 Å². The average Bonchev–Trinajstić information content (AvgIpc) is 3.61. The highest BCUT2D eigenvalue weighted by Gasteiger charge is 2.30. The highest BCUT2D eigenvalue weighted by molar-refractivity contribution is 7.13. The summed E-state index contributed by atoms with van der Waals surface area (Å²) in [7, 11) is 5.84.